The summed E-state index contributed by atoms with van der Waals surface area (Å²) >= 11 is -1.85. The Labute approximate surface area is 189 Å². The summed E-state index contributed by atoms with van der Waals surface area (Å²) in [6, 6.07) is 10.3. The Balaban J connectivity index is 1.39. The van der Waals surface area contributed by atoms with Crippen LogP contribution in [0.5, 0.6) is 5.75 Å². The van der Waals surface area contributed by atoms with Crippen LogP contribution in [0, 0.1) is 5.82 Å². The number of carbonyl (C=O) groups is 1. The van der Waals surface area contributed by atoms with E-state index in [0.29, 0.717) is 22.1 Å². The molecule has 0 bridgehead atoms. The van der Waals surface area contributed by atoms with E-state index >= 15 is 0 Å². The van der Waals surface area contributed by atoms with Gasteiger partial charge in [-0.05, 0) is 73.3 Å². The van der Waals surface area contributed by atoms with Gasteiger partial charge in [0.25, 0.3) is 0 Å². The van der Waals surface area contributed by atoms with Crippen LogP contribution >= 0.6 is 0 Å². The van der Waals surface area contributed by atoms with Gasteiger partial charge in [0, 0.05) is 12.1 Å². The van der Waals surface area contributed by atoms with Crippen LogP contribution in [0.2, 0.25) is 0 Å². The number of rotatable bonds is 7. The Bertz CT molecular complexity index is 1170. The maximum absolute atomic E-state index is 14.5. The first-order chi connectivity index (χ1) is 15.4. The van der Waals surface area contributed by atoms with Crippen molar-refractivity contribution in [3.8, 4) is 5.75 Å². The van der Waals surface area contributed by atoms with Gasteiger partial charge < -0.3 is 13.7 Å². The van der Waals surface area contributed by atoms with Crippen molar-refractivity contribution in [2.24, 2.45) is 0 Å². The molecular weight excluding hydrogens is 429 g/mol. The lowest BCUT2D eigenvalue weighted by Crippen LogP contribution is -2.32. The minimum atomic E-state index is -1.85. The van der Waals surface area contributed by atoms with Crippen LogP contribution in [0.4, 0.5) is 4.39 Å². The fourth-order valence-electron chi connectivity index (χ4n) is 3.86. The second kappa shape index (κ2) is 8.45. The molecule has 1 amide bonds. The average molecular weight is 456 g/mol. The minimum absolute atomic E-state index is 0.0679. The number of ether oxygens (including phenoxy) is 1. The third kappa shape index (κ3) is 4.24. The number of furan rings is 1. The first kappa shape index (κ1) is 21.3. The number of benzene rings is 2. The molecule has 7 heteroatoms. The van der Waals surface area contributed by atoms with E-state index < -0.39 is 23.1 Å². The molecule has 1 heterocycles. The lowest BCUT2D eigenvalue weighted by atomic mass is 9.96. The van der Waals surface area contributed by atoms with E-state index in [1.165, 1.54) is 12.1 Å². The molecule has 168 valence electrons. The van der Waals surface area contributed by atoms with Crippen molar-refractivity contribution in [1.82, 2.24) is 4.72 Å². The number of amides is 1. The highest BCUT2D eigenvalue weighted by atomic mass is 32.2. The number of halogens is 1. The van der Waals surface area contributed by atoms with Gasteiger partial charge in [-0.3, -0.25) is 4.79 Å². The number of nitrogens with one attached hydrogen (secondary N) is 1. The van der Waals surface area contributed by atoms with Gasteiger partial charge in [0.2, 0.25) is 4.90 Å². The predicted octanol–water partition coefficient (Wildman–Crippen LogP) is 5.96. The number of carbonyl (C=O) groups excluding carboxylic acids is 1. The molecule has 1 atom stereocenters. The molecule has 5 nitrogen and oxygen atoms in total. The highest BCUT2D eigenvalue weighted by Crippen LogP contribution is 2.42. The Morgan fingerprint density at radius 3 is 2.62 bits per heavy atom. The van der Waals surface area contributed by atoms with Crippen molar-refractivity contribution in [1.29, 1.82) is 0 Å². The zero-order chi connectivity index (χ0) is 22.4. The van der Waals surface area contributed by atoms with Gasteiger partial charge in [-0.25, -0.2) is 4.39 Å². The second-order valence-electron chi connectivity index (χ2n) is 9.03. The first-order valence-electron chi connectivity index (χ1n) is 11.2. The molecule has 1 N–H and O–H groups in total. The zero-order valence-electron chi connectivity index (χ0n) is 18.2. The number of hydrogen-bond donors (Lipinski definition) is 1. The topological polar surface area (TPSA) is 74.5 Å². The molecule has 2 saturated carbocycles. The lowest BCUT2D eigenvalue weighted by molar-refractivity contribution is 0.0956. The van der Waals surface area contributed by atoms with Crippen LogP contribution in [0.3, 0.4) is 0 Å². The van der Waals surface area contributed by atoms with Gasteiger partial charge in [0.15, 0.2) is 11.5 Å². The van der Waals surface area contributed by atoms with Crippen LogP contribution in [-0.2, 0) is 11.4 Å². The molecule has 2 aromatic carbocycles. The molecule has 0 spiro atoms. The van der Waals surface area contributed by atoms with Crippen molar-refractivity contribution in [2.75, 3.05) is 0 Å². The summed E-state index contributed by atoms with van der Waals surface area (Å²) in [6.07, 6.45) is 5.26. The Hall–Kier alpha value is -2.51. The summed E-state index contributed by atoms with van der Waals surface area (Å²) in [4.78, 5) is 13.2. The number of fused-ring (bicyclic) bond motifs is 1. The largest absolute Gasteiger partial charge is 0.588 e. The molecule has 1 unspecified atom stereocenters. The van der Waals surface area contributed by atoms with E-state index in [1.54, 1.807) is 6.07 Å². The predicted molar refractivity (Wildman–Crippen MR) is 121 cm³/mol. The molecule has 3 aromatic rings. The fraction of sp³-hybridized carbons (Fsp3) is 0.400. The molecule has 2 aliphatic carbocycles. The van der Waals surface area contributed by atoms with Crippen LogP contribution in [0.1, 0.15) is 79.5 Å². The molecule has 0 aliphatic heterocycles. The van der Waals surface area contributed by atoms with Gasteiger partial charge in [0.1, 0.15) is 22.8 Å². The Kier molecular flexibility index (Phi) is 5.63. The van der Waals surface area contributed by atoms with Gasteiger partial charge in [-0.2, -0.15) is 4.72 Å². The summed E-state index contributed by atoms with van der Waals surface area (Å²) < 4.78 is 41.8. The van der Waals surface area contributed by atoms with E-state index in [-0.39, 0.29) is 23.2 Å². The third-order valence-electron chi connectivity index (χ3n) is 6.25. The maximum Gasteiger partial charge on any atom is 0.328 e. The monoisotopic (exact) mass is 455 g/mol. The van der Waals surface area contributed by atoms with Crippen molar-refractivity contribution in [3.63, 3.8) is 0 Å². The third-order valence-corrected chi connectivity index (χ3v) is 7.34. The van der Waals surface area contributed by atoms with Crippen molar-refractivity contribution < 1.29 is 22.9 Å². The normalized spacial score (nSPS) is 17.4. The molecule has 2 fully saturated rings. The van der Waals surface area contributed by atoms with Crippen LogP contribution < -0.4 is 9.46 Å². The van der Waals surface area contributed by atoms with E-state index in [2.05, 4.69) is 4.72 Å². The molecule has 32 heavy (non-hydrogen) atoms. The lowest BCUT2D eigenvalue weighted by Gasteiger charge is -2.27. The summed E-state index contributed by atoms with van der Waals surface area (Å²) in [7, 11) is 0. The quantitative estimate of drug-likeness (QED) is 0.446. The van der Waals surface area contributed by atoms with E-state index in [0.717, 1.165) is 43.2 Å². The number of hydrogen-bond acceptors (Lipinski definition) is 4. The smallest absolute Gasteiger partial charge is 0.328 e. The van der Waals surface area contributed by atoms with Gasteiger partial charge in [-0.15, -0.1) is 0 Å². The van der Waals surface area contributed by atoms with Gasteiger partial charge in [-0.1, -0.05) is 19.9 Å². The minimum Gasteiger partial charge on any atom is -0.588 e. The van der Waals surface area contributed by atoms with E-state index in [1.807, 2.05) is 32.0 Å². The molecule has 5 rings (SSSR count). The highest BCUT2D eigenvalue weighted by Gasteiger charge is 2.29. The van der Waals surface area contributed by atoms with Crippen LogP contribution in [-0.4, -0.2) is 16.6 Å². The van der Waals surface area contributed by atoms with Gasteiger partial charge >= 0.3 is 5.91 Å². The van der Waals surface area contributed by atoms with Gasteiger partial charge in [0.05, 0.1) is 11.5 Å². The fourth-order valence-corrected chi connectivity index (χ4v) is 4.78. The second-order valence-corrected chi connectivity index (χ2v) is 10.2. The first-order valence-corrected chi connectivity index (χ1v) is 12.3. The summed E-state index contributed by atoms with van der Waals surface area (Å²) in [5.41, 5.74) is 2.23. The van der Waals surface area contributed by atoms with E-state index in [9.17, 15) is 13.7 Å². The average Bonchev–Trinajstić information content (AvgIpc) is 3.49. The summed E-state index contributed by atoms with van der Waals surface area (Å²) in [5.74, 6) is -0.0148. The molecule has 0 saturated heterocycles. The van der Waals surface area contributed by atoms with Crippen molar-refractivity contribution in [3.05, 3.63) is 59.1 Å². The van der Waals surface area contributed by atoms with Crippen molar-refractivity contribution >= 4 is 28.2 Å². The highest BCUT2D eigenvalue weighted by molar-refractivity contribution is 7.90. The van der Waals surface area contributed by atoms with Crippen LogP contribution in [0.15, 0.2) is 45.7 Å². The molecule has 2 aliphatic rings. The summed E-state index contributed by atoms with van der Waals surface area (Å²) in [6.45, 7) is 4.10. The van der Waals surface area contributed by atoms with Crippen molar-refractivity contribution in [2.45, 2.75) is 68.8 Å². The molecule has 0 radical (unpaired) electrons. The maximum atomic E-state index is 14.5. The van der Waals surface area contributed by atoms with Crippen LogP contribution in [0.25, 0.3) is 11.0 Å². The Morgan fingerprint density at radius 1 is 1.19 bits per heavy atom. The van der Waals surface area contributed by atoms with E-state index in [4.69, 9.17) is 9.15 Å². The standard InChI is InChI=1S/C25H26FNO4S/c1-14(2)16-8-9-21(30-18-4-3-5-18)24(12-16)32(29)27-25(28)23-13-19-20(26)10-17(15-6-7-15)11-22(19)31-23/h8-15,18H,3-7H2,1-2H3,(H,27,28). The molecule has 1 aromatic heterocycles. The summed E-state index contributed by atoms with van der Waals surface area (Å²) in [5, 5.41) is 0.251. The Morgan fingerprint density at radius 2 is 1.97 bits per heavy atom. The zero-order valence-corrected chi connectivity index (χ0v) is 19.0. The SMILES string of the molecule is CC(C)c1ccc(OC2CCC2)c([S+]([O-])NC(=O)c2cc3c(F)cc(C4CC4)cc3o2)c1. The molecular formula is C25H26FNO4S.